The predicted octanol–water partition coefficient (Wildman–Crippen LogP) is 5.24. The average Bonchev–Trinajstić information content (AvgIpc) is 2.51. The maximum atomic E-state index is 12.1. The number of allylic oxidation sites excluding steroid dienone is 1. The SMILES string of the molecule is Cc1ccc(NC=CC(=O)c2ccc(C(C)C)cc2)cc1C. The van der Waals surface area contributed by atoms with Crippen LogP contribution in [0.1, 0.15) is 46.8 Å². The number of carbonyl (C=O) groups is 1. The fourth-order valence-corrected chi connectivity index (χ4v) is 2.17. The van der Waals surface area contributed by atoms with E-state index < -0.39 is 0 Å². The largest absolute Gasteiger partial charge is 0.362 e. The summed E-state index contributed by atoms with van der Waals surface area (Å²) in [4.78, 5) is 12.1. The van der Waals surface area contributed by atoms with Gasteiger partial charge in [-0.1, -0.05) is 44.2 Å². The molecule has 2 nitrogen and oxygen atoms in total. The molecule has 0 radical (unpaired) electrons. The summed E-state index contributed by atoms with van der Waals surface area (Å²) in [5.41, 5.74) is 5.43. The molecule has 0 atom stereocenters. The first-order valence-electron chi connectivity index (χ1n) is 7.62. The highest BCUT2D eigenvalue weighted by Gasteiger charge is 2.03. The number of benzene rings is 2. The van der Waals surface area contributed by atoms with Gasteiger partial charge in [-0.25, -0.2) is 0 Å². The molecule has 0 saturated carbocycles. The van der Waals surface area contributed by atoms with Crippen molar-refractivity contribution >= 4 is 11.5 Å². The van der Waals surface area contributed by atoms with Crippen LogP contribution in [0, 0.1) is 13.8 Å². The molecule has 0 fully saturated rings. The van der Waals surface area contributed by atoms with E-state index in [1.165, 1.54) is 16.7 Å². The van der Waals surface area contributed by atoms with E-state index in [0.717, 1.165) is 5.69 Å². The zero-order valence-corrected chi connectivity index (χ0v) is 13.7. The van der Waals surface area contributed by atoms with Gasteiger partial charge in [0, 0.05) is 23.5 Å². The first-order chi connectivity index (χ1) is 10.5. The van der Waals surface area contributed by atoms with Gasteiger partial charge in [-0.15, -0.1) is 0 Å². The minimum absolute atomic E-state index is 0.00615. The quantitative estimate of drug-likeness (QED) is 0.603. The van der Waals surface area contributed by atoms with Gasteiger partial charge in [0.2, 0.25) is 0 Å². The van der Waals surface area contributed by atoms with E-state index in [-0.39, 0.29) is 5.78 Å². The van der Waals surface area contributed by atoms with Crippen LogP contribution in [0.4, 0.5) is 5.69 Å². The summed E-state index contributed by atoms with van der Waals surface area (Å²) >= 11 is 0. The van der Waals surface area contributed by atoms with Crippen molar-refractivity contribution in [2.24, 2.45) is 0 Å². The minimum Gasteiger partial charge on any atom is -0.362 e. The second-order valence-electron chi connectivity index (χ2n) is 5.92. The van der Waals surface area contributed by atoms with Gasteiger partial charge in [-0.05, 0) is 48.6 Å². The number of ketones is 1. The van der Waals surface area contributed by atoms with Gasteiger partial charge in [0.05, 0.1) is 0 Å². The third kappa shape index (κ3) is 4.08. The summed E-state index contributed by atoms with van der Waals surface area (Å²) in [7, 11) is 0. The molecule has 2 aromatic rings. The Balaban J connectivity index is 2.00. The van der Waals surface area contributed by atoms with Crippen LogP contribution in [0.3, 0.4) is 0 Å². The number of aryl methyl sites for hydroxylation is 2. The normalized spacial score (nSPS) is 11.1. The molecule has 0 amide bonds. The minimum atomic E-state index is 0.00615. The molecule has 0 aliphatic carbocycles. The summed E-state index contributed by atoms with van der Waals surface area (Å²) in [6.45, 7) is 8.44. The molecule has 0 unspecified atom stereocenters. The number of hydrogen-bond acceptors (Lipinski definition) is 2. The van der Waals surface area contributed by atoms with Crippen molar-refractivity contribution in [3.63, 3.8) is 0 Å². The molecular weight excluding hydrogens is 270 g/mol. The highest BCUT2D eigenvalue weighted by Crippen LogP contribution is 2.16. The Morgan fingerprint density at radius 3 is 2.27 bits per heavy atom. The molecule has 2 heteroatoms. The van der Waals surface area contributed by atoms with Crippen molar-refractivity contribution in [3.8, 4) is 0 Å². The van der Waals surface area contributed by atoms with Crippen LogP contribution in [0.15, 0.2) is 54.7 Å². The predicted molar refractivity (Wildman–Crippen MR) is 93.5 cm³/mol. The van der Waals surface area contributed by atoms with Crippen LogP contribution < -0.4 is 5.32 Å². The summed E-state index contributed by atoms with van der Waals surface area (Å²) in [6.07, 6.45) is 3.27. The fourth-order valence-electron chi connectivity index (χ4n) is 2.17. The molecule has 2 rings (SSSR count). The summed E-state index contributed by atoms with van der Waals surface area (Å²) in [5, 5.41) is 3.14. The number of carbonyl (C=O) groups excluding carboxylic acids is 1. The van der Waals surface area contributed by atoms with Gasteiger partial charge in [0.25, 0.3) is 0 Å². The summed E-state index contributed by atoms with van der Waals surface area (Å²) in [6, 6.07) is 14.0. The van der Waals surface area contributed by atoms with Gasteiger partial charge in [-0.3, -0.25) is 4.79 Å². The highest BCUT2D eigenvalue weighted by molar-refractivity contribution is 6.04. The van der Waals surface area contributed by atoms with E-state index in [4.69, 9.17) is 0 Å². The molecule has 22 heavy (non-hydrogen) atoms. The van der Waals surface area contributed by atoms with Crippen LogP contribution in [0.5, 0.6) is 0 Å². The molecule has 0 aliphatic heterocycles. The van der Waals surface area contributed by atoms with E-state index in [1.807, 2.05) is 30.3 Å². The van der Waals surface area contributed by atoms with Crippen LogP contribution in [0.2, 0.25) is 0 Å². The van der Waals surface area contributed by atoms with E-state index >= 15 is 0 Å². The molecule has 1 N–H and O–H groups in total. The van der Waals surface area contributed by atoms with Crippen molar-refractivity contribution in [1.82, 2.24) is 0 Å². The van der Waals surface area contributed by atoms with Gasteiger partial charge in [-0.2, -0.15) is 0 Å². The smallest absolute Gasteiger partial charge is 0.187 e. The third-order valence-corrected chi connectivity index (χ3v) is 3.85. The molecule has 0 spiro atoms. The van der Waals surface area contributed by atoms with E-state index in [9.17, 15) is 4.79 Å². The van der Waals surface area contributed by atoms with Gasteiger partial charge < -0.3 is 5.32 Å². The number of anilines is 1. The lowest BCUT2D eigenvalue weighted by Gasteiger charge is -2.06. The third-order valence-electron chi connectivity index (χ3n) is 3.85. The van der Waals surface area contributed by atoms with Crippen molar-refractivity contribution in [2.45, 2.75) is 33.6 Å². The van der Waals surface area contributed by atoms with Gasteiger partial charge >= 0.3 is 0 Å². The Hall–Kier alpha value is -2.35. The fraction of sp³-hybridized carbons (Fsp3) is 0.250. The molecule has 0 aromatic heterocycles. The lowest BCUT2D eigenvalue weighted by molar-refractivity contribution is 0.104. The van der Waals surface area contributed by atoms with Crippen LogP contribution >= 0.6 is 0 Å². The topological polar surface area (TPSA) is 29.1 Å². The highest BCUT2D eigenvalue weighted by atomic mass is 16.1. The number of nitrogens with one attached hydrogen (secondary N) is 1. The van der Waals surface area contributed by atoms with E-state index in [2.05, 4.69) is 45.1 Å². The molecule has 2 aromatic carbocycles. The Morgan fingerprint density at radius 1 is 1.00 bits per heavy atom. The van der Waals surface area contributed by atoms with Crippen molar-refractivity contribution in [1.29, 1.82) is 0 Å². The monoisotopic (exact) mass is 293 g/mol. The molecule has 0 heterocycles. The maximum Gasteiger partial charge on any atom is 0.187 e. The molecule has 114 valence electrons. The Bertz CT molecular complexity index is 681. The molecule has 0 bridgehead atoms. The standard InChI is InChI=1S/C20H23NO/c1-14(2)17-6-8-18(9-7-17)20(22)11-12-21-19-10-5-15(3)16(4)13-19/h5-14,21H,1-4H3. The zero-order valence-electron chi connectivity index (χ0n) is 13.7. The van der Waals surface area contributed by atoms with Crippen LogP contribution in [-0.2, 0) is 0 Å². The number of rotatable bonds is 5. The van der Waals surface area contributed by atoms with Gasteiger partial charge in [0.1, 0.15) is 0 Å². The average molecular weight is 293 g/mol. The Morgan fingerprint density at radius 2 is 1.68 bits per heavy atom. The summed E-state index contributed by atoms with van der Waals surface area (Å²) in [5.74, 6) is 0.484. The van der Waals surface area contributed by atoms with Crippen LogP contribution in [0.25, 0.3) is 0 Å². The van der Waals surface area contributed by atoms with Crippen molar-refractivity contribution < 1.29 is 4.79 Å². The Kier molecular flexibility index (Phi) is 5.16. The first kappa shape index (κ1) is 16.0. The van der Waals surface area contributed by atoms with Crippen molar-refractivity contribution in [2.75, 3.05) is 5.32 Å². The molecule has 0 saturated heterocycles. The maximum absolute atomic E-state index is 12.1. The van der Waals surface area contributed by atoms with E-state index in [1.54, 1.807) is 12.3 Å². The second-order valence-corrected chi connectivity index (χ2v) is 5.92. The lowest BCUT2D eigenvalue weighted by Crippen LogP contribution is -1.97. The zero-order chi connectivity index (χ0) is 16.1. The van der Waals surface area contributed by atoms with Gasteiger partial charge in [0.15, 0.2) is 5.78 Å². The van der Waals surface area contributed by atoms with E-state index in [0.29, 0.717) is 11.5 Å². The first-order valence-corrected chi connectivity index (χ1v) is 7.62. The summed E-state index contributed by atoms with van der Waals surface area (Å²) < 4.78 is 0. The Labute approximate surface area is 132 Å². The lowest BCUT2D eigenvalue weighted by atomic mass is 10.0. The van der Waals surface area contributed by atoms with Crippen LogP contribution in [-0.4, -0.2) is 5.78 Å². The van der Waals surface area contributed by atoms with Crippen molar-refractivity contribution in [3.05, 3.63) is 77.0 Å². The molecule has 0 aliphatic rings. The number of hydrogen-bond donors (Lipinski definition) is 1. The molecular formula is C20H23NO. The second kappa shape index (κ2) is 7.08.